The molecule has 0 spiro atoms. The number of allylic oxidation sites excluding steroid dienone is 1. The number of hydrogen-bond donors (Lipinski definition) is 1. The maximum Gasteiger partial charge on any atom is 0.284 e. The van der Waals surface area contributed by atoms with Crippen molar-refractivity contribution in [3.8, 4) is 0 Å². The molecule has 0 unspecified atom stereocenters. The van der Waals surface area contributed by atoms with Crippen molar-refractivity contribution < 1.29 is 17.6 Å². The van der Waals surface area contributed by atoms with Gasteiger partial charge < -0.3 is 4.57 Å². The van der Waals surface area contributed by atoms with Crippen LogP contribution in [0.1, 0.15) is 10.4 Å². The highest BCUT2D eigenvalue weighted by atomic mass is 35.5. The molecule has 1 amide bonds. The smallest absolute Gasteiger partial charge is 0.284 e. The van der Waals surface area contributed by atoms with Crippen LogP contribution in [0.5, 0.6) is 0 Å². The summed E-state index contributed by atoms with van der Waals surface area (Å²) in [5.74, 6) is -1.61. The van der Waals surface area contributed by atoms with E-state index in [4.69, 9.17) is 16.7 Å². The van der Waals surface area contributed by atoms with Crippen LogP contribution in [0.2, 0.25) is 5.02 Å². The van der Waals surface area contributed by atoms with Crippen molar-refractivity contribution in [3.63, 3.8) is 0 Å². The summed E-state index contributed by atoms with van der Waals surface area (Å²) >= 11 is 6.99. The number of hydrogen-bond acceptors (Lipinski definition) is 4. The number of thiazole rings is 1. The third-order valence-electron chi connectivity index (χ3n) is 3.67. The van der Waals surface area contributed by atoms with Gasteiger partial charge in [0.15, 0.2) is 4.80 Å². The summed E-state index contributed by atoms with van der Waals surface area (Å²) in [7, 11) is -3.87. The fourth-order valence-electron chi connectivity index (χ4n) is 2.47. The van der Waals surface area contributed by atoms with E-state index in [0.717, 1.165) is 17.4 Å². The molecule has 0 aliphatic rings. The molecule has 6 nitrogen and oxygen atoms in total. The lowest BCUT2D eigenvalue weighted by Crippen LogP contribution is -2.17. The van der Waals surface area contributed by atoms with E-state index in [1.54, 1.807) is 16.7 Å². The predicted molar refractivity (Wildman–Crippen MR) is 103 cm³/mol. The van der Waals surface area contributed by atoms with Gasteiger partial charge in [-0.2, -0.15) is 4.99 Å². The Balaban J connectivity index is 2.23. The number of amides is 1. The van der Waals surface area contributed by atoms with Crippen molar-refractivity contribution in [1.29, 1.82) is 0 Å². The zero-order chi connectivity index (χ0) is 19.8. The SMILES string of the molecule is C=CCn1c(=NC(=O)c2c(F)cccc2Cl)sc2cc(S(N)(=O)=O)ccc21. The van der Waals surface area contributed by atoms with Gasteiger partial charge in [0.2, 0.25) is 10.0 Å². The molecule has 0 bridgehead atoms. The van der Waals surface area contributed by atoms with E-state index < -0.39 is 21.7 Å². The van der Waals surface area contributed by atoms with Crippen molar-refractivity contribution in [3.05, 3.63) is 70.3 Å². The largest absolute Gasteiger partial charge is 0.312 e. The van der Waals surface area contributed by atoms with E-state index in [9.17, 15) is 17.6 Å². The van der Waals surface area contributed by atoms with Crippen molar-refractivity contribution in [2.45, 2.75) is 11.4 Å². The Morgan fingerprint density at radius 1 is 1.37 bits per heavy atom. The second-order valence-electron chi connectivity index (χ2n) is 5.47. The number of rotatable bonds is 4. The van der Waals surface area contributed by atoms with Gasteiger partial charge in [0.25, 0.3) is 5.91 Å². The monoisotopic (exact) mass is 425 g/mol. The van der Waals surface area contributed by atoms with Gasteiger partial charge in [-0.25, -0.2) is 17.9 Å². The third kappa shape index (κ3) is 3.86. The highest BCUT2D eigenvalue weighted by Crippen LogP contribution is 2.23. The van der Waals surface area contributed by atoms with Crippen LogP contribution in [0.4, 0.5) is 4.39 Å². The normalized spacial score (nSPS) is 12.5. The third-order valence-corrected chi connectivity index (χ3v) is 5.94. The molecule has 10 heteroatoms. The lowest BCUT2D eigenvalue weighted by atomic mass is 10.2. The van der Waals surface area contributed by atoms with E-state index in [-0.39, 0.29) is 20.3 Å². The van der Waals surface area contributed by atoms with Gasteiger partial charge in [-0.1, -0.05) is 35.1 Å². The van der Waals surface area contributed by atoms with E-state index in [1.165, 1.54) is 24.3 Å². The molecule has 0 saturated heterocycles. The van der Waals surface area contributed by atoms with Gasteiger partial charge in [-0.3, -0.25) is 4.79 Å². The van der Waals surface area contributed by atoms with Crippen LogP contribution in [0, 0.1) is 5.82 Å². The predicted octanol–water partition coefficient (Wildman–Crippen LogP) is 3.07. The van der Waals surface area contributed by atoms with Crippen molar-refractivity contribution in [2.75, 3.05) is 0 Å². The Bertz CT molecular complexity index is 1230. The van der Waals surface area contributed by atoms with E-state index in [2.05, 4.69) is 11.6 Å². The van der Waals surface area contributed by atoms with Gasteiger partial charge in [-0.05, 0) is 30.3 Å². The Hall–Kier alpha value is -2.33. The van der Waals surface area contributed by atoms with E-state index >= 15 is 0 Å². The first-order chi connectivity index (χ1) is 12.7. The first-order valence-corrected chi connectivity index (χ1v) is 10.3. The van der Waals surface area contributed by atoms with Gasteiger partial charge in [0, 0.05) is 6.54 Å². The molecule has 0 radical (unpaired) electrons. The first kappa shape index (κ1) is 19.4. The van der Waals surface area contributed by atoms with Crippen LogP contribution in [0.3, 0.4) is 0 Å². The van der Waals surface area contributed by atoms with Crippen molar-refractivity contribution >= 4 is 49.1 Å². The van der Waals surface area contributed by atoms with Crippen LogP contribution in [0.15, 0.2) is 58.9 Å². The molecule has 0 aliphatic carbocycles. The second kappa shape index (κ2) is 7.35. The maximum atomic E-state index is 14.0. The number of fused-ring (bicyclic) bond motifs is 1. The lowest BCUT2D eigenvalue weighted by Gasteiger charge is -2.03. The fourth-order valence-corrected chi connectivity index (χ4v) is 4.40. The molecule has 2 N–H and O–H groups in total. The maximum absolute atomic E-state index is 14.0. The highest BCUT2D eigenvalue weighted by Gasteiger charge is 2.17. The average Bonchev–Trinajstić information content (AvgIpc) is 2.91. The summed E-state index contributed by atoms with van der Waals surface area (Å²) in [5, 5.41) is 5.12. The summed E-state index contributed by atoms with van der Waals surface area (Å²) in [4.78, 5) is 16.7. The quantitative estimate of drug-likeness (QED) is 0.651. The fraction of sp³-hybridized carbons (Fsp3) is 0.0588. The number of aromatic nitrogens is 1. The minimum absolute atomic E-state index is 0.0448. The number of carbonyl (C=O) groups is 1. The Kier molecular flexibility index (Phi) is 5.29. The van der Waals surface area contributed by atoms with Gasteiger partial charge in [0.05, 0.1) is 25.7 Å². The zero-order valence-electron chi connectivity index (χ0n) is 13.7. The number of halogens is 2. The van der Waals surface area contributed by atoms with Gasteiger partial charge in [-0.15, -0.1) is 6.58 Å². The standard InChI is InChI=1S/C17H13ClFN3O3S2/c1-2-8-22-13-7-6-10(27(20,24)25)9-14(13)26-17(22)21-16(23)15-11(18)4-3-5-12(15)19/h2-7,9H,1,8H2,(H2,20,24,25). The van der Waals surface area contributed by atoms with Gasteiger partial charge in [0.1, 0.15) is 5.82 Å². The Morgan fingerprint density at radius 2 is 2.11 bits per heavy atom. The molecule has 0 atom stereocenters. The topological polar surface area (TPSA) is 94.5 Å². The summed E-state index contributed by atoms with van der Waals surface area (Å²) in [5.41, 5.74) is 0.311. The van der Waals surface area contributed by atoms with Gasteiger partial charge >= 0.3 is 0 Å². The van der Waals surface area contributed by atoms with Crippen LogP contribution >= 0.6 is 22.9 Å². The van der Waals surface area contributed by atoms with Crippen LogP contribution < -0.4 is 9.94 Å². The molecule has 1 heterocycles. The summed E-state index contributed by atoms with van der Waals surface area (Å²) in [6, 6.07) is 8.23. The van der Waals surface area contributed by atoms with Crippen LogP contribution in [0.25, 0.3) is 10.2 Å². The average molecular weight is 426 g/mol. The molecule has 3 aromatic rings. The summed E-state index contributed by atoms with van der Waals surface area (Å²) in [6.45, 7) is 3.98. The molecule has 1 aromatic heterocycles. The first-order valence-electron chi connectivity index (χ1n) is 7.52. The lowest BCUT2D eigenvalue weighted by molar-refractivity contribution is 0.0994. The molecule has 0 aliphatic heterocycles. The molecule has 0 saturated carbocycles. The van der Waals surface area contributed by atoms with Crippen molar-refractivity contribution in [1.82, 2.24) is 4.57 Å². The number of benzene rings is 2. The summed E-state index contributed by atoms with van der Waals surface area (Å²) < 4.78 is 39.3. The molecule has 140 valence electrons. The van der Waals surface area contributed by atoms with E-state index in [1.807, 2.05) is 0 Å². The molecule has 2 aromatic carbocycles. The number of sulfonamides is 1. The minimum Gasteiger partial charge on any atom is -0.312 e. The summed E-state index contributed by atoms with van der Waals surface area (Å²) in [6.07, 6.45) is 1.60. The molecular weight excluding hydrogens is 413 g/mol. The highest BCUT2D eigenvalue weighted by molar-refractivity contribution is 7.89. The Morgan fingerprint density at radius 3 is 2.74 bits per heavy atom. The van der Waals surface area contributed by atoms with Crippen LogP contribution in [-0.2, 0) is 16.6 Å². The van der Waals surface area contributed by atoms with E-state index in [0.29, 0.717) is 16.8 Å². The number of carbonyl (C=O) groups excluding carboxylic acids is 1. The number of nitrogens with zero attached hydrogens (tertiary/aromatic N) is 2. The minimum atomic E-state index is -3.87. The number of nitrogens with two attached hydrogens (primary N) is 1. The molecule has 0 fully saturated rings. The zero-order valence-corrected chi connectivity index (χ0v) is 16.1. The molecule has 27 heavy (non-hydrogen) atoms. The Labute approximate surface area is 163 Å². The van der Waals surface area contributed by atoms with Crippen molar-refractivity contribution in [2.24, 2.45) is 10.1 Å². The molecular formula is C17H13ClFN3O3S2. The molecule has 3 rings (SSSR count). The second-order valence-corrected chi connectivity index (χ2v) is 8.45. The number of primary sulfonamides is 1. The van der Waals surface area contributed by atoms with Crippen LogP contribution in [-0.4, -0.2) is 18.9 Å².